The van der Waals surface area contributed by atoms with Gasteiger partial charge in [-0.15, -0.1) is 0 Å². The molecule has 0 spiro atoms. The van der Waals surface area contributed by atoms with Crippen molar-refractivity contribution in [1.29, 1.82) is 0 Å². The van der Waals surface area contributed by atoms with E-state index in [9.17, 15) is 14.7 Å². The topological polar surface area (TPSA) is 102 Å². The van der Waals surface area contributed by atoms with E-state index in [4.69, 9.17) is 10.5 Å². The molecule has 1 amide bonds. The van der Waals surface area contributed by atoms with E-state index in [2.05, 4.69) is 5.32 Å². The SMILES string of the molecule is CCCC[C@H](N)C(=O)NCC1(C(=O)O)CCOCC1. The highest BCUT2D eigenvalue weighted by molar-refractivity contribution is 5.82. The third kappa shape index (κ3) is 4.47. The molecule has 1 saturated heterocycles. The van der Waals surface area contributed by atoms with Gasteiger partial charge in [-0.25, -0.2) is 0 Å². The maximum Gasteiger partial charge on any atom is 0.311 e. The number of carboxylic acids is 1. The van der Waals surface area contributed by atoms with Crippen molar-refractivity contribution in [1.82, 2.24) is 5.32 Å². The summed E-state index contributed by atoms with van der Waals surface area (Å²) in [5.74, 6) is -1.14. The minimum Gasteiger partial charge on any atom is -0.481 e. The van der Waals surface area contributed by atoms with Crippen LogP contribution in [0.15, 0.2) is 0 Å². The maximum atomic E-state index is 11.8. The summed E-state index contributed by atoms with van der Waals surface area (Å²) in [6.07, 6.45) is 3.36. The molecule has 110 valence electrons. The summed E-state index contributed by atoms with van der Waals surface area (Å²) < 4.78 is 5.18. The van der Waals surface area contributed by atoms with Gasteiger partial charge in [0.25, 0.3) is 0 Å². The fourth-order valence-electron chi connectivity index (χ4n) is 2.17. The minimum absolute atomic E-state index is 0.129. The van der Waals surface area contributed by atoms with Crippen LogP contribution in [0, 0.1) is 5.41 Å². The van der Waals surface area contributed by atoms with Gasteiger partial charge in [-0.2, -0.15) is 0 Å². The van der Waals surface area contributed by atoms with Crippen LogP contribution in [0.5, 0.6) is 0 Å². The van der Waals surface area contributed by atoms with E-state index < -0.39 is 17.4 Å². The molecule has 1 fully saturated rings. The second kappa shape index (κ2) is 7.45. The molecule has 0 unspecified atom stereocenters. The van der Waals surface area contributed by atoms with Gasteiger partial charge in [0.15, 0.2) is 0 Å². The molecule has 1 rings (SSSR count). The second-order valence-corrected chi connectivity index (χ2v) is 5.16. The normalized spacial score (nSPS) is 19.7. The van der Waals surface area contributed by atoms with Crippen LogP contribution in [0.4, 0.5) is 0 Å². The van der Waals surface area contributed by atoms with Crippen molar-refractivity contribution in [2.45, 2.75) is 45.1 Å². The number of ether oxygens (including phenoxy) is 1. The lowest BCUT2D eigenvalue weighted by Gasteiger charge is -2.33. The fraction of sp³-hybridized carbons (Fsp3) is 0.846. The van der Waals surface area contributed by atoms with Crippen molar-refractivity contribution in [3.63, 3.8) is 0 Å². The number of unbranched alkanes of at least 4 members (excludes halogenated alkanes) is 1. The highest BCUT2D eigenvalue weighted by atomic mass is 16.5. The van der Waals surface area contributed by atoms with Crippen LogP contribution in [0.2, 0.25) is 0 Å². The molecule has 0 aliphatic carbocycles. The smallest absolute Gasteiger partial charge is 0.311 e. The van der Waals surface area contributed by atoms with E-state index in [1.165, 1.54) is 0 Å². The third-order valence-electron chi connectivity index (χ3n) is 3.71. The van der Waals surface area contributed by atoms with Crippen molar-refractivity contribution in [3.05, 3.63) is 0 Å². The maximum absolute atomic E-state index is 11.8. The first-order valence-corrected chi connectivity index (χ1v) is 6.86. The summed E-state index contributed by atoms with van der Waals surface area (Å²) in [5.41, 5.74) is 4.85. The van der Waals surface area contributed by atoms with Crippen LogP contribution in [-0.4, -0.2) is 42.8 Å². The first-order chi connectivity index (χ1) is 9.02. The molecule has 6 nitrogen and oxygen atoms in total. The number of carbonyl (C=O) groups excluding carboxylic acids is 1. The minimum atomic E-state index is -0.904. The summed E-state index contributed by atoms with van der Waals surface area (Å²) in [6.45, 7) is 3.00. The summed E-state index contributed by atoms with van der Waals surface area (Å²) in [4.78, 5) is 23.2. The molecule has 0 bridgehead atoms. The van der Waals surface area contributed by atoms with Crippen LogP contribution in [-0.2, 0) is 14.3 Å². The lowest BCUT2D eigenvalue weighted by molar-refractivity contribution is -0.154. The number of rotatable bonds is 7. The average Bonchev–Trinajstić information content (AvgIpc) is 2.42. The molecular weight excluding hydrogens is 248 g/mol. The largest absolute Gasteiger partial charge is 0.481 e. The summed E-state index contributed by atoms with van der Waals surface area (Å²) in [6, 6.07) is -0.550. The van der Waals surface area contributed by atoms with Crippen molar-refractivity contribution < 1.29 is 19.4 Å². The second-order valence-electron chi connectivity index (χ2n) is 5.16. The Kier molecular flexibility index (Phi) is 6.24. The van der Waals surface area contributed by atoms with Gasteiger partial charge < -0.3 is 20.9 Å². The molecule has 0 aromatic carbocycles. The molecule has 1 atom stereocenters. The number of hydrogen-bond donors (Lipinski definition) is 3. The zero-order valence-corrected chi connectivity index (χ0v) is 11.5. The van der Waals surface area contributed by atoms with E-state index in [0.29, 0.717) is 32.5 Å². The van der Waals surface area contributed by atoms with E-state index in [0.717, 1.165) is 12.8 Å². The highest BCUT2D eigenvalue weighted by Crippen LogP contribution is 2.30. The Labute approximate surface area is 113 Å². The third-order valence-corrected chi connectivity index (χ3v) is 3.71. The van der Waals surface area contributed by atoms with Gasteiger partial charge in [-0.3, -0.25) is 9.59 Å². The van der Waals surface area contributed by atoms with Gasteiger partial charge in [0.05, 0.1) is 11.5 Å². The first-order valence-electron chi connectivity index (χ1n) is 6.86. The molecule has 1 aliphatic heterocycles. The number of hydrogen-bond acceptors (Lipinski definition) is 4. The standard InChI is InChI=1S/C13H24N2O4/c1-2-3-4-10(14)11(16)15-9-13(12(17)18)5-7-19-8-6-13/h10H,2-9,14H2,1H3,(H,15,16)(H,17,18)/t10-/m0/s1. The zero-order chi connectivity index (χ0) is 14.3. The molecule has 6 heteroatoms. The van der Waals surface area contributed by atoms with Crippen LogP contribution >= 0.6 is 0 Å². The predicted molar refractivity (Wildman–Crippen MR) is 70.6 cm³/mol. The highest BCUT2D eigenvalue weighted by Gasteiger charge is 2.40. The van der Waals surface area contributed by atoms with Gasteiger partial charge in [0, 0.05) is 19.8 Å². The Morgan fingerprint density at radius 3 is 2.58 bits per heavy atom. The predicted octanol–water partition coefficient (Wildman–Crippen LogP) is 0.502. The summed E-state index contributed by atoms with van der Waals surface area (Å²) in [5, 5.41) is 12.0. The number of nitrogens with one attached hydrogen (secondary N) is 1. The molecule has 19 heavy (non-hydrogen) atoms. The Balaban J connectivity index is 2.48. The lowest BCUT2D eigenvalue weighted by Crippen LogP contribution is -2.50. The fourth-order valence-corrected chi connectivity index (χ4v) is 2.17. The van der Waals surface area contributed by atoms with Crippen LogP contribution in [0.3, 0.4) is 0 Å². The first kappa shape index (κ1) is 15.9. The van der Waals surface area contributed by atoms with Crippen LogP contribution < -0.4 is 11.1 Å². The number of nitrogens with two attached hydrogens (primary N) is 1. The van der Waals surface area contributed by atoms with Gasteiger partial charge in [-0.1, -0.05) is 19.8 Å². The number of amides is 1. The molecule has 1 heterocycles. The Morgan fingerprint density at radius 2 is 2.05 bits per heavy atom. The van der Waals surface area contributed by atoms with Crippen molar-refractivity contribution in [3.8, 4) is 0 Å². The molecular formula is C13H24N2O4. The molecule has 0 radical (unpaired) electrons. The molecule has 0 aromatic rings. The van der Waals surface area contributed by atoms with E-state index in [-0.39, 0.29) is 12.5 Å². The lowest BCUT2D eigenvalue weighted by atomic mass is 9.80. The van der Waals surface area contributed by atoms with Crippen LogP contribution in [0.25, 0.3) is 0 Å². The van der Waals surface area contributed by atoms with Crippen molar-refractivity contribution in [2.75, 3.05) is 19.8 Å². The van der Waals surface area contributed by atoms with Gasteiger partial charge >= 0.3 is 5.97 Å². The molecule has 1 aliphatic rings. The van der Waals surface area contributed by atoms with E-state index in [1.807, 2.05) is 6.92 Å². The van der Waals surface area contributed by atoms with Gasteiger partial charge in [0.2, 0.25) is 5.91 Å². The Morgan fingerprint density at radius 1 is 1.42 bits per heavy atom. The monoisotopic (exact) mass is 272 g/mol. The Hall–Kier alpha value is -1.14. The average molecular weight is 272 g/mol. The van der Waals surface area contributed by atoms with Crippen molar-refractivity contribution in [2.24, 2.45) is 11.1 Å². The molecule has 0 saturated carbocycles. The molecule has 0 aromatic heterocycles. The Bertz CT molecular complexity index is 314. The van der Waals surface area contributed by atoms with Crippen molar-refractivity contribution >= 4 is 11.9 Å². The summed E-state index contributed by atoms with van der Waals surface area (Å²) in [7, 11) is 0. The van der Waals surface area contributed by atoms with E-state index >= 15 is 0 Å². The molecule has 4 N–H and O–H groups in total. The van der Waals surface area contributed by atoms with Crippen LogP contribution in [0.1, 0.15) is 39.0 Å². The number of carboxylic acid groups (broad SMARTS) is 1. The van der Waals surface area contributed by atoms with Gasteiger partial charge in [-0.05, 0) is 19.3 Å². The zero-order valence-electron chi connectivity index (χ0n) is 11.5. The van der Waals surface area contributed by atoms with Gasteiger partial charge in [0.1, 0.15) is 0 Å². The van der Waals surface area contributed by atoms with E-state index in [1.54, 1.807) is 0 Å². The number of aliphatic carboxylic acids is 1. The summed E-state index contributed by atoms with van der Waals surface area (Å²) >= 11 is 0. The number of carbonyl (C=O) groups is 2. The quantitative estimate of drug-likeness (QED) is 0.626.